The van der Waals surface area contributed by atoms with Gasteiger partial charge in [-0.1, -0.05) is 6.08 Å². The third-order valence-corrected chi connectivity index (χ3v) is 3.00. The normalized spacial score (nSPS) is 29.1. The van der Waals surface area contributed by atoms with Gasteiger partial charge in [0.05, 0.1) is 0 Å². The lowest BCUT2D eigenvalue weighted by Gasteiger charge is -2.33. The topological polar surface area (TPSA) is 28.0 Å². The zero-order chi connectivity index (χ0) is 9.38. The molecule has 72 valence electrons. The Bertz CT molecular complexity index is 363. The molecule has 0 bridgehead atoms. The molecule has 0 amide bonds. The molecule has 0 N–H and O–H groups in total. The monoisotopic (exact) mass is 187 g/mol. The Hall–Kier alpha value is -1.38. The van der Waals surface area contributed by atoms with Gasteiger partial charge in [-0.25, -0.2) is 4.99 Å². The van der Waals surface area contributed by atoms with Crippen LogP contribution in [0.25, 0.3) is 0 Å². The Kier molecular flexibility index (Phi) is 1.76. The van der Waals surface area contributed by atoms with Crippen molar-refractivity contribution in [1.82, 2.24) is 4.90 Å². The standard InChI is InChI=1S/C11H13N3/c1-4-11(13-5-1)14-6-2-3-9-7-12-8-10(9)14/h1,5,7-9H,2-4,6H2. The van der Waals surface area contributed by atoms with Gasteiger partial charge in [-0.3, -0.25) is 4.99 Å². The summed E-state index contributed by atoms with van der Waals surface area (Å²) in [6, 6.07) is 0. The minimum atomic E-state index is 0.548. The highest BCUT2D eigenvalue weighted by Crippen LogP contribution is 2.30. The fourth-order valence-corrected chi connectivity index (χ4v) is 2.29. The number of hydrogen-bond donors (Lipinski definition) is 0. The van der Waals surface area contributed by atoms with Crippen molar-refractivity contribution in [3.63, 3.8) is 0 Å². The molecule has 1 atom stereocenters. The molecule has 0 spiro atoms. The first kappa shape index (κ1) is 7.97. The molecule has 3 heterocycles. The number of piperidine rings is 1. The first-order valence-corrected chi connectivity index (χ1v) is 5.18. The van der Waals surface area contributed by atoms with Crippen LogP contribution in [-0.2, 0) is 0 Å². The van der Waals surface area contributed by atoms with Gasteiger partial charge in [0, 0.05) is 43.2 Å². The van der Waals surface area contributed by atoms with Gasteiger partial charge in [-0.15, -0.1) is 0 Å². The molecular formula is C11H13N3. The van der Waals surface area contributed by atoms with E-state index < -0.39 is 0 Å². The number of rotatable bonds is 0. The maximum Gasteiger partial charge on any atom is 0.112 e. The third kappa shape index (κ3) is 1.12. The Morgan fingerprint density at radius 1 is 1.43 bits per heavy atom. The van der Waals surface area contributed by atoms with Gasteiger partial charge in [0.1, 0.15) is 5.84 Å². The molecule has 1 unspecified atom stereocenters. The summed E-state index contributed by atoms with van der Waals surface area (Å²) in [6.45, 7) is 1.10. The summed E-state index contributed by atoms with van der Waals surface area (Å²) in [5.74, 6) is 1.73. The molecule has 0 aromatic rings. The Labute approximate surface area is 83.5 Å². The van der Waals surface area contributed by atoms with Crippen molar-refractivity contribution in [2.45, 2.75) is 19.3 Å². The minimum Gasteiger partial charge on any atom is -0.331 e. The van der Waals surface area contributed by atoms with Crippen LogP contribution in [0.1, 0.15) is 19.3 Å². The second kappa shape index (κ2) is 3.08. The summed E-state index contributed by atoms with van der Waals surface area (Å²) in [4.78, 5) is 11.0. The molecule has 0 aromatic heterocycles. The molecule has 3 aliphatic rings. The van der Waals surface area contributed by atoms with Crippen LogP contribution in [0.3, 0.4) is 0 Å². The lowest BCUT2D eigenvalue weighted by Crippen LogP contribution is -2.36. The van der Waals surface area contributed by atoms with E-state index in [0.29, 0.717) is 5.92 Å². The predicted molar refractivity (Wildman–Crippen MR) is 57.2 cm³/mol. The van der Waals surface area contributed by atoms with Gasteiger partial charge >= 0.3 is 0 Å². The van der Waals surface area contributed by atoms with Crippen molar-refractivity contribution in [2.24, 2.45) is 15.9 Å². The molecule has 14 heavy (non-hydrogen) atoms. The molecule has 3 rings (SSSR count). The molecule has 3 heteroatoms. The van der Waals surface area contributed by atoms with E-state index in [2.05, 4.69) is 27.2 Å². The van der Waals surface area contributed by atoms with Crippen molar-refractivity contribution >= 4 is 12.1 Å². The van der Waals surface area contributed by atoms with Crippen molar-refractivity contribution in [3.05, 3.63) is 24.2 Å². The average molecular weight is 187 g/mol. The van der Waals surface area contributed by atoms with Crippen LogP contribution >= 0.6 is 0 Å². The van der Waals surface area contributed by atoms with Crippen LogP contribution < -0.4 is 0 Å². The summed E-state index contributed by atoms with van der Waals surface area (Å²) in [6.07, 6.45) is 11.5. The van der Waals surface area contributed by atoms with E-state index in [1.807, 2.05) is 12.4 Å². The van der Waals surface area contributed by atoms with Crippen molar-refractivity contribution in [2.75, 3.05) is 6.54 Å². The lowest BCUT2D eigenvalue weighted by molar-refractivity contribution is 0.382. The lowest BCUT2D eigenvalue weighted by atomic mass is 9.96. The maximum atomic E-state index is 4.39. The Morgan fingerprint density at radius 2 is 2.43 bits per heavy atom. The van der Waals surface area contributed by atoms with Crippen LogP contribution in [0.2, 0.25) is 0 Å². The molecule has 0 aromatic carbocycles. The SMILES string of the molecule is C1=CN=C(N2CCCC3C=NC=C32)C1. The van der Waals surface area contributed by atoms with Crippen molar-refractivity contribution in [3.8, 4) is 0 Å². The summed E-state index contributed by atoms with van der Waals surface area (Å²) < 4.78 is 0. The number of fused-ring (bicyclic) bond motifs is 1. The van der Waals surface area contributed by atoms with Crippen LogP contribution in [-0.4, -0.2) is 23.5 Å². The molecule has 0 aliphatic carbocycles. The average Bonchev–Trinajstić information content (AvgIpc) is 2.88. The van der Waals surface area contributed by atoms with Gasteiger partial charge < -0.3 is 4.90 Å². The van der Waals surface area contributed by atoms with E-state index in [1.54, 1.807) is 0 Å². The number of allylic oxidation sites excluding steroid dienone is 1. The van der Waals surface area contributed by atoms with E-state index in [4.69, 9.17) is 0 Å². The van der Waals surface area contributed by atoms with Gasteiger partial charge in [-0.05, 0) is 12.8 Å². The summed E-state index contributed by atoms with van der Waals surface area (Å²) in [5, 5.41) is 0. The molecule has 0 radical (unpaired) electrons. The molecule has 3 nitrogen and oxygen atoms in total. The summed E-state index contributed by atoms with van der Waals surface area (Å²) in [7, 11) is 0. The fourth-order valence-electron chi connectivity index (χ4n) is 2.29. The maximum absolute atomic E-state index is 4.39. The van der Waals surface area contributed by atoms with Crippen molar-refractivity contribution in [1.29, 1.82) is 0 Å². The first-order valence-electron chi connectivity index (χ1n) is 5.18. The number of likely N-dealkylation sites (tertiary alicyclic amines) is 1. The zero-order valence-electron chi connectivity index (χ0n) is 8.06. The number of hydrogen-bond acceptors (Lipinski definition) is 3. The molecule has 1 saturated heterocycles. The van der Waals surface area contributed by atoms with E-state index in [-0.39, 0.29) is 0 Å². The molecule has 0 saturated carbocycles. The molecular weight excluding hydrogens is 174 g/mol. The first-order chi connectivity index (χ1) is 6.95. The smallest absolute Gasteiger partial charge is 0.112 e. The number of nitrogens with zero attached hydrogens (tertiary/aromatic N) is 3. The van der Waals surface area contributed by atoms with Gasteiger partial charge in [0.15, 0.2) is 0 Å². The van der Waals surface area contributed by atoms with Crippen LogP contribution in [0.15, 0.2) is 34.2 Å². The quantitative estimate of drug-likeness (QED) is 0.569. The van der Waals surface area contributed by atoms with Crippen LogP contribution in [0, 0.1) is 5.92 Å². The summed E-state index contributed by atoms with van der Waals surface area (Å²) >= 11 is 0. The number of amidine groups is 1. The van der Waals surface area contributed by atoms with E-state index in [1.165, 1.54) is 24.4 Å². The van der Waals surface area contributed by atoms with E-state index in [0.717, 1.165) is 13.0 Å². The third-order valence-electron chi connectivity index (χ3n) is 3.00. The number of aliphatic imine (C=N–C) groups is 2. The van der Waals surface area contributed by atoms with E-state index in [9.17, 15) is 0 Å². The Balaban J connectivity index is 1.86. The molecule has 3 aliphatic heterocycles. The zero-order valence-corrected chi connectivity index (χ0v) is 8.06. The summed E-state index contributed by atoms with van der Waals surface area (Å²) in [5.41, 5.74) is 1.35. The largest absolute Gasteiger partial charge is 0.331 e. The second-order valence-corrected chi connectivity index (χ2v) is 3.89. The van der Waals surface area contributed by atoms with Gasteiger partial charge in [0.25, 0.3) is 0 Å². The van der Waals surface area contributed by atoms with Crippen LogP contribution in [0.5, 0.6) is 0 Å². The predicted octanol–water partition coefficient (Wildman–Crippen LogP) is 1.94. The highest BCUT2D eigenvalue weighted by atomic mass is 15.2. The van der Waals surface area contributed by atoms with Gasteiger partial charge in [0.2, 0.25) is 0 Å². The molecule has 1 fully saturated rings. The Morgan fingerprint density at radius 3 is 3.29 bits per heavy atom. The minimum absolute atomic E-state index is 0.548. The van der Waals surface area contributed by atoms with Crippen LogP contribution in [0.4, 0.5) is 0 Å². The highest BCUT2D eigenvalue weighted by Gasteiger charge is 2.28. The highest BCUT2D eigenvalue weighted by molar-refractivity contribution is 5.89. The van der Waals surface area contributed by atoms with E-state index >= 15 is 0 Å². The fraction of sp³-hybridized carbons (Fsp3) is 0.455. The van der Waals surface area contributed by atoms with Gasteiger partial charge in [-0.2, -0.15) is 0 Å². The second-order valence-electron chi connectivity index (χ2n) is 3.89. The van der Waals surface area contributed by atoms with Crippen molar-refractivity contribution < 1.29 is 0 Å².